The fraction of sp³-hybridized carbons (Fsp3) is 0.324. The van der Waals surface area contributed by atoms with Crippen molar-refractivity contribution in [3.8, 4) is 17.1 Å². The van der Waals surface area contributed by atoms with E-state index in [0.717, 1.165) is 22.1 Å². The summed E-state index contributed by atoms with van der Waals surface area (Å²) in [4.78, 5) is 80.4. The Morgan fingerprint density at radius 1 is 1.00 bits per heavy atom. The minimum Gasteiger partial charge on any atom is -0.480 e. The quantitative estimate of drug-likeness (QED) is 0.144. The fourth-order valence-electron chi connectivity index (χ4n) is 6.36. The van der Waals surface area contributed by atoms with Crippen molar-refractivity contribution in [3.63, 3.8) is 0 Å². The number of nitrogens with one attached hydrogen (secondary N) is 1. The number of amides is 1. The molecular formula is C37H35N3O10. The first kappa shape index (κ1) is 34.0. The zero-order chi connectivity index (χ0) is 35.5. The second-order valence-electron chi connectivity index (χ2n) is 12.2. The van der Waals surface area contributed by atoms with Gasteiger partial charge in [0.15, 0.2) is 0 Å². The highest BCUT2D eigenvalue weighted by Gasteiger charge is 2.38. The number of carbonyl (C=O) groups excluding carboxylic acids is 4. The van der Waals surface area contributed by atoms with Crippen molar-refractivity contribution < 1.29 is 43.3 Å². The molecule has 2 N–H and O–H groups in total. The Kier molecular flexibility index (Phi) is 9.75. The molecule has 0 fully saturated rings. The molecule has 0 spiro atoms. The maximum atomic E-state index is 13.7. The van der Waals surface area contributed by atoms with Gasteiger partial charge in [-0.05, 0) is 48.2 Å². The highest BCUT2D eigenvalue weighted by atomic mass is 16.6. The summed E-state index contributed by atoms with van der Waals surface area (Å²) in [7, 11) is 0. The number of hydrogen-bond acceptors (Lipinski definition) is 10. The summed E-state index contributed by atoms with van der Waals surface area (Å²) in [5, 5.41) is 12.7. The summed E-state index contributed by atoms with van der Waals surface area (Å²) in [6.45, 7) is 3.76. The van der Waals surface area contributed by atoms with Crippen LogP contribution in [0.1, 0.15) is 73.5 Å². The highest BCUT2D eigenvalue weighted by molar-refractivity contribution is 5.91. The zero-order valence-corrected chi connectivity index (χ0v) is 27.5. The minimum atomic E-state index is -1.34. The average molecular weight is 682 g/mol. The number of rotatable bonds is 12. The van der Waals surface area contributed by atoms with Crippen molar-refractivity contribution in [1.29, 1.82) is 0 Å². The van der Waals surface area contributed by atoms with Gasteiger partial charge in [-0.25, -0.2) is 14.6 Å². The summed E-state index contributed by atoms with van der Waals surface area (Å²) in [6, 6.07) is 14.4. The maximum absolute atomic E-state index is 13.7. The van der Waals surface area contributed by atoms with E-state index in [1.54, 1.807) is 53.1 Å². The molecule has 0 radical (unpaired) electrons. The molecule has 13 heteroatoms. The number of aliphatic carboxylic acids is 1. The van der Waals surface area contributed by atoms with Gasteiger partial charge < -0.3 is 29.2 Å². The molecule has 50 heavy (non-hydrogen) atoms. The van der Waals surface area contributed by atoms with Crippen LogP contribution in [0.4, 0.5) is 0 Å². The first-order valence-corrected chi connectivity index (χ1v) is 16.4. The number of fused-ring (bicyclic) bond motifs is 5. The number of ether oxygens (including phenoxy) is 3. The molecule has 258 valence electrons. The number of aromatic nitrogens is 2. The molecule has 0 saturated carbocycles. The van der Waals surface area contributed by atoms with E-state index in [1.807, 2.05) is 19.9 Å². The van der Waals surface area contributed by atoms with E-state index < -0.39 is 41.9 Å². The first-order valence-electron chi connectivity index (χ1n) is 16.4. The normalized spacial score (nSPS) is 14.9. The molecule has 1 amide bonds. The van der Waals surface area contributed by atoms with Crippen LogP contribution in [0.3, 0.4) is 0 Å². The third-order valence-corrected chi connectivity index (χ3v) is 8.79. The van der Waals surface area contributed by atoms with Crippen LogP contribution in [0.2, 0.25) is 0 Å². The Labute approximate surface area is 286 Å². The topological polar surface area (TPSA) is 180 Å². The smallest absolute Gasteiger partial charge is 0.352 e. The molecule has 2 aliphatic rings. The van der Waals surface area contributed by atoms with Crippen LogP contribution in [0.5, 0.6) is 5.75 Å². The Morgan fingerprint density at radius 3 is 2.50 bits per heavy atom. The van der Waals surface area contributed by atoms with Crippen LogP contribution in [-0.2, 0) is 59.4 Å². The first-order chi connectivity index (χ1) is 24.1. The number of carboxylic acids is 1. The Balaban J connectivity index is 1.20. The number of esters is 3. The van der Waals surface area contributed by atoms with Gasteiger partial charge in [-0.3, -0.25) is 19.2 Å². The molecule has 4 aromatic rings. The molecule has 2 aromatic carbocycles. The van der Waals surface area contributed by atoms with Crippen LogP contribution in [0.25, 0.3) is 22.3 Å². The van der Waals surface area contributed by atoms with Crippen molar-refractivity contribution in [2.45, 2.75) is 77.7 Å². The third kappa shape index (κ3) is 6.84. The maximum Gasteiger partial charge on any atom is 0.352 e. The van der Waals surface area contributed by atoms with E-state index in [9.17, 15) is 33.9 Å². The summed E-state index contributed by atoms with van der Waals surface area (Å²) in [5.74, 6) is -3.50. The van der Waals surface area contributed by atoms with Crippen LogP contribution in [0.15, 0.2) is 59.4 Å². The number of pyridine rings is 2. The van der Waals surface area contributed by atoms with E-state index >= 15 is 0 Å². The van der Waals surface area contributed by atoms with Crippen LogP contribution >= 0.6 is 0 Å². The molecule has 2 unspecified atom stereocenters. The lowest BCUT2D eigenvalue weighted by atomic mass is 9.97. The summed E-state index contributed by atoms with van der Waals surface area (Å²) in [5.41, 5.74) is 4.26. The van der Waals surface area contributed by atoms with E-state index in [4.69, 9.17) is 19.2 Å². The zero-order valence-electron chi connectivity index (χ0n) is 27.5. The molecule has 4 heterocycles. The van der Waals surface area contributed by atoms with Gasteiger partial charge >= 0.3 is 23.9 Å². The number of benzene rings is 2. The molecule has 2 aromatic heterocycles. The molecule has 13 nitrogen and oxygen atoms in total. The van der Waals surface area contributed by atoms with Gasteiger partial charge in [0.2, 0.25) is 12.0 Å². The molecule has 2 atom stereocenters. The van der Waals surface area contributed by atoms with Gasteiger partial charge in [0.25, 0.3) is 5.56 Å². The number of cyclic esters (lactones) is 1. The second kappa shape index (κ2) is 14.3. The summed E-state index contributed by atoms with van der Waals surface area (Å²) in [6.07, 6.45) is -0.551. The SMILES string of the molecule is CCCC(=O)OC1C(=O)OCc2c1cc1n(c2=O)Cc2c-1nc1ccc(OC(=O)CCC(=O)NC(Cc3ccccc3)C(=O)O)cc1c2CC. The summed E-state index contributed by atoms with van der Waals surface area (Å²) < 4.78 is 17.8. The molecule has 2 aliphatic heterocycles. The molecular weight excluding hydrogens is 646 g/mol. The Hall–Kier alpha value is -5.85. The van der Waals surface area contributed by atoms with E-state index in [1.165, 1.54) is 0 Å². The van der Waals surface area contributed by atoms with E-state index in [2.05, 4.69) is 5.32 Å². The lowest BCUT2D eigenvalue weighted by Crippen LogP contribution is -2.42. The van der Waals surface area contributed by atoms with E-state index in [-0.39, 0.29) is 55.7 Å². The van der Waals surface area contributed by atoms with Gasteiger partial charge in [-0.15, -0.1) is 0 Å². The fourth-order valence-corrected chi connectivity index (χ4v) is 6.36. The molecule has 6 rings (SSSR count). The van der Waals surface area contributed by atoms with Crippen molar-refractivity contribution in [2.24, 2.45) is 0 Å². The van der Waals surface area contributed by atoms with Gasteiger partial charge in [-0.2, -0.15) is 0 Å². The predicted molar refractivity (Wildman–Crippen MR) is 178 cm³/mol. The monoisotopic (exact) mass is 681 g/mol. The second-order valence-corrected chi connectivity index (χ2v) is 12.2. The van der Waals surface area contributed by atoms with Crippen molar-refractivity contribution in [2.75, 3.05) is 0 Å². The lowest BCUT2D eigenvalue weighted by molar-refractivity contribution is -0.171. The Bertz CT molecular complexity index is 2090. The van der Waals surface area contributed by atoms with Crippen molar-refractivity contribution >= 4 is 40.7 Å². The summed E-state index contributed by atoms with van der Waals surface area (Å²) >= 11 is 0. The largest absolute Gasteiger partial charge is 0.480 e. The number of nitrogens with zero attached hydrogens (tertiary/aromatic N) is 2. The van der Waals surface area contributed by atoms with Crippen LogP contribution in [0, 0.1) is 0 Å². The van der Waals surface area contributed by atoms with Crippen molar-refractivity contribution in [3.05, 3.63) is 92.8 Å². The van der Waals surface area contributed by atoms with Crippen LogP contribution in [-0.4, -0.2) is 50.5 Å². The van der Waals surface area contributed by atoms with Gasteiger partial charge in [-0.1, -0.05) is 44.2 Å². The molecule has 0 bridgehead atoms. The minimum absolute atomic E-state index is 0.103. The lowest BCUT2D eigenvalue weighted by Gasteiger charge is -2.25. The van der Waals surface area contributed by atoms with Crippen LogP contribution < -0.4 is 15.6 Å². The number of aryl methyl sites for hydroxylation is 1. The predicted octanol–water partition coefficient (Wildman–Crippen LogP) is 3.93. The average Bonchev–Trinajstić information content (AvgIpc) is 3.46. The third-order valence-electron chi connectivity index (χ3n) is 8.79. The molecule has 0 aliphatic carbocycles. The van der Waals surface area contributed by atoms with Crippen molar-refractivity contribution in [1.82, 2.24) is 14.9 Å². The number of hydrogen-bond donors (Lipinski definition) is 2. The molecule has 0 saturated heterocycles. The highest BCUT2D eigenvalue weighted by Crippen LogP contribution is 2.39. The van der Waals surface area contributed by atoms with Gasteiger partial charge in [0, 0.05) is 35.8 Å². The van der Waals surface area contributed by atoms with Gasteiger partial charge in [0.05, 0.1) is 35.4 Å². The number of carbonyl (C=O) groups is 5. The van der Waals surface area contributed by atoms with Gasteiger partial charge in [0.1, 0.15) is 18.4 Å². The standard InChI is InChI=1S/C37H35N3O10/c1-3-8-31(42)50-34-24-17-29-33-25(18-40(29)35(44)26(24)19-48-37(34)47)22(4-2)23-16-21(11-12-27(23)39-33)49-32(43)14-13-30(41)38-28(36(45)46)15-20-9-6-5-7-10-20/h5-7,9-12,16-17,28,34H,3-4,8,13-15,18-19H2,1-2H3,(H,38,41)(H,45,46). The number of carboxylic acid groups (broad SMARTS) is 1. The Morgan fingerprint density at radius 2 is 1.78 bits per heavy atom. The van der Waals surface area contributed by atoms with E-state index in [0.29, 0.717) is 35.3 Å².